The molecule has 1 saturated heterocycles. The Hall–Kier alpha value is -0.830. The predicted molar refractivity (Wildman–Crippen MR) is 67.0 cm³/mol. The molecule has 15 heavy (non-hydrogen) atoms. The van der Waals surface area contributed by atoms with Crippen LogP contribution in [0, 0.1) is 0 Å². The Balaban J connectivity index is 1.91. The first kappa shape index (κ1) is 10.7. The molecule has 2 rings (SSSR count). The second-order valence-corrected chi connectivity index (χ2v) is 4.81. The van der Waals surface area contributed by atoms with Gasteiger partial charge in [0.1, 0.15) is 5.75 Å². The minimum Gasteiger partial charge on any atom is -0.494 e. The zero-order chi connectivity index (χ0) is 10.5. The maximum absolute atomic E-state index is 5.40. The topological polar surface area (TPSA) is 21.3 Å². The molecule has 1 aliphatic heterocycles. The van der Waals surface area contributed by atoms with E-state index in [0.717, 1.165) is 12.4 Å². The van der Waals surface area contributed by atoms with Crippen molar-refractivity contribution in [2.75, 3.05) is 23.4 Å². The number of rotatable bonds is 4. The maximum atomic E-state index is 5.40. The van der Waals surface area contributed by atoms with Gasteiger partial charge < -0.3 is 10.1 Å². The van der Waals surface area contributed by atoms with E-state index in [9.17, 15) is 0 Å². The molecule has 1 fully saturated rings. The quantitative estimate of drug-likeness (QED) is 0.848. The van der Waals surface area contributed by atoms with Gasteiger partial charge in [-0.2, -0.15) is 11.8 Å². The average molecular weight is 223 g/mol. The van der Waals surface area contributed by atoms with Crippen molar-refractivity contribution in [3.8, 4) is 5.75 Å². The second-order valence-electron chi connectivity index (χ2n) is 3.66. The number of thioether (sulfide) groups is 1. The lowest BCUT2D eigenvalue weighted by atomic mass is 10.2. The van der Waals surface area contributed by atoms with Crippen LogP contribution in [0.25, 0.3) is 0 Å². The van der Waals surface area contributed by atoms with Crippen molar-refractivity contribution in [1.82, 2.24) is 0 Å². The summed E-state index contributed by atoms with van der Waals surface area (Å²) in [6.45, 7) is 2.73. The lowest BCUT2D eigenvalue weighted by molar-refractivity contribution is 0.340. The molecule has 0 saturated carbocycles. The van der Waals surface area contributed by atoms with Crippen molar-refractivity contribution in [3.63, 3.8) is 0 Å². The van der Waals surface area contributed by atoms with Gasteiger partial charge in [0.05, 0.1) is 6.61 Å². The van der Waals surface area contributed by atoms with Crippen LogP contribution in [0.5, 0.6) is 5.75 Å². The second kappa shape index (κ2) is 5.31. The molecule has 1 aliphatic rings. The first-order valence-electron chi connectivity index (χ1n) is 5.45. The van der Waals surface area contributed by atoms with Crippen LogP contribution in [-0.4, -0.2) is 24.2 Å². The van der Waals surface area contributed by atoms with Crippen LogP contribution < -0.4 is 10.1 Å². The van der Waals surface area contributed by atoms with Crippen molar-refractivity contribution in [2.24, 2.45) is 0 Å². The monoisotopic (exact) mass is 223 g/mol. The number of hydrogen-bond donors (Lipinski definition) is 1. The SMILES string of the molecule is CCOc1ccc(N[C@@H]2CCSC2)cc1. The molecule has 0 unspecified atom stereocenters. The number of anilines is 1. The standard InChI is InChI=1S/C12H17NOS/c1-2-14-12-5-3-10(4-6-12)13-11-7-8-15-9-11/h3-6,11,13H,2,7-9H2,1H3/t11-/m1/s1. The Morgan fingerprint density at radius 2 is 2.20 bits per heavy atom. The summed E-state index contributed by atoms with van der Waals surface area (Å²) in [5, 5.41) is 3.53. The number of ether oxygens (including phenoxy) is 1. The van der Waals surface area contributed by atoms with Gasteiger partial charge in [-0.1, -0.05) is 0 Å². The minimum absolute atomic E-state index is 0.646. The number of benzene rings is 1. The molecule has 1 aromatic carbocycles. The normalized spacial score (nSPS) is 20.2. The van der Waals surface area contributed by atoms with Crippen LogP contribution in [0.15, 0.2) is 24.3 Å². The van der Waals surface area contributed by atoms with Crippen molar-refractivity contribution in [1.29, 1.82) is 0 Å². The van der Waals surface area contributed by atoms with Crippen molar-refractivity contribution in [2.45, 2.75) is 19.4 Å². The molecule has 0 aromatic heterocycles. The molecule has 1 N–H and O–H groups in total. The highest BCUT2D eigenvalue weighted by atomic mass is 32.2. The highest BCUT2D eigenvalue weighted by Crippen LogP contribution is 2.22. The van der Waals surface area contributed by atoms with Crippen LogP contribution in [0.2, 0.25) is 0 Å². The molecule has 0 aliphatic carbocycles. The molecule has 3 heteroatoms. The molecule has 1 atom stereocenters. The number of nitrogens with one attached hydrogen (secondary N) is 1. The Bertz CT molecular complexity index is 293. The Morgan fingerprint density at radius 1 is 1.40 bits per heavy atom. The highest BCUT2D eigenvalue weighted by molar-refractivity contribution is 7.99. The summed E-state index contributed by atoms with van der Waals surface area (Å²) in [6.07, 6.45) is 1.28. The van der Waals surface area contributed by atoms with Crippen LogP contribution in [0.3, 0.4) is 0 Å². The van der Waals surface area contributed by atoms with Crippen molar-refractivity contribution in [3.05, 3.63) is 24.3 Å². The van der Waals surface area contributed by atoms with Gasteiger partial charge in [0.15, 0.2) is 0 Å². The van der Waals surface area contributed by atoms with Gasteiger partial charge >= 0.3 is 0 Å². The summed E-state index contributed by atoms with van der Waals surface area (Å²) in [5.41, 5.74) is 1.20. The van der Waals surface area contributed by atoms with E-state index in [4.69, 9.17) is 4.74 Å². The van der Waals surface area contributed by atoms with Gasteiger partial charge in [-0.15, -0.1) is 0 Å². The Labute approximate surface area is 95.4 Å². The third kappa shape index (κ3) is 3.06. The first-order chi connectivity index (χ1) is 7.38. The molecule has 1 aromatic rings. The van der Waals surface area contributed by atoms with E-state index in [-0.39, 0.29) is 0 Å². The third-order valence-corrected chi connectivity index (χ3v) is 3.63. The molecule has 82 valence electrons. The lowest BCUT2D eigenvalue weighted by Crippen LogP contribution is -2.17. The highest BCUT2D eigenvalue weighted by Gasteiger charge is 2.14. The molecule has 0 bridgehead atoms. The zero-order valence-corrected chi connectivity index (χ0v) is 9.85. The van der Waals surface area contributed by atoms with Gasteiger partial charge in [-0.3, -0.25) is 0 Å². The number of hydrogen-bond acceptors (Lipinski definition) is 3. The predicted octanol–water partition coefficient (Wildman–Crippen LogP) is 3.00. The molecule has 0 spiro atoms. The van der Waals surface area contributed by atoms with E-state index in [0.29, 0.717) is 6.04 Å². The van der Waals surface area contributed by atoms with Crippen LogP contribution in [0.4, 0.5) is 5.69 Å². The van der Waals surface area contributed by atoms with Crippen LogP contribution >= 0.6 is 11.8 Å². The fourth-order valence-electron chi connectivity index (χ4n) is 1.70. The van der Waals surface area contributed by atoms with E-state index in [2.05, 4.69) is 17.4 Å². The summed E-state index contributed by atoms with van der Waals surface area (Å²) in [5.74, 6) is 3.46. The summed E-state index contributed by atoms with van der Waals surface area (Å²) >= 11 is 2.03. The van der Waals surface area contributed by atoms with E-state index < -0.39 is 0 Å². The van der Waals surface area contributed by atoms with E-state index in [1.165, 1.54) is 23.6 Å². The van der Waals surface area contributed by atoms with Gasteiger partial charge in [-0.05, 0) is 43.4 Å². The van der Waals surface area contributed by atoms with Crippen molar-refractivity contribution < 1.29 is 4.74 Å². The lowest BCUT2D eigenvalue weighted by Gasteiger charge is -2.13. The van der Waals surface area contributed by atoms with Crippen molar-refractivity contribution >= 4 is 17.4 Å². The van der Waals surface area contributed by atoms with Gasteiger partial charge in [0, 0.05) is 17.5 Å². The minimum atomic E-state index is 0.646. The van der Waals surface area contributed by atoms with Crippen LogP contribution in [0.1, 0.15) is 13.3 Å². The molecular formula is C12H17NOS. The smallest absolute Gasteiger partial charge is 0.119 e. The average Bonchev–Trinajstić information content (AvgIpc) is 2.74. The van der Waals surface area contributed by atoms with Gasteiger partial charge in [0.2, 0.25) is 0 Å². The van der Waals surface area contributed by atoms with E-state index in [1.54, 1.807) is 0 Å². The molecule has 1 heterocycles. The first-order valence-corrected chi connectivity index (χ1v) is 6.61. The largest absolute Gasteiger partial charge is 0.494 e. The zero-order valence-electron chi connectivity index (χ0n) is 9.03. The molecule has 2 nitrogen and oxygen atoms in total. The Morgan fingerprint density at radius 3 is 2.80 bits per heavy atom. The Kier molecular flexibility index (Phi) is 3.78. The summed E-state index contributed by atoms with van der Waals surface area (Å²) in [6, 6.07) is 8.87. The van der Waals surface area contributed by atoms with Gasteiger partial charge in [-0.25, -0.2) is 0 Å². The third-order valence-electron chi connectivity index (χ3n) is 2.47. The molecule has 0 radical (unpaired) electrons. The summed E-state index contributed by atoms with van der Waals surface area (Å²) in [7, 11) is 0. The maximum Gasteiger partial charge on any atom is 0.119 e. The summed E-state index contributed by atoms with van der Waals surface area (Å²) in [4.78, 5) is 0. The molecular weight excluding hydrogens is 206 g/mol. The summed E-state index contributed by atoms with van der Waals surface area (Å²) < 4.78 is 5.40. The van der Waals surface area contributed by atoms with E-state index >= 15 is 0 Å². The molecule has 0 amide bonds. The van der Waals surface area contributed by atoms with E-state index in [1.807, 2.05) is 30.8 Å². The van der Waals surface area contributed by atoms with Gasteiger partial charge in [0.25, 0.3) is 0 Å². The van der Waals surface area contributed by atoms with Crippen LogP contribution in [-0.2, 0) is 0 Å². The fourth-order valence-corrected chi connectivity index (χ4v) is 2.85. The fraction of sp³-hybridized carbons (Fsp3) is 0.500.